The molecule has 4 aromatic rings. The third-order valence-electron chi connectivity index (χ3n) is 5.81. The Kier molecular flexibility index (Phi) is 5.35. The summed E-state index contributed by atoms with van der Waals surface area (Å²) in [4.78, 5) is 30.2. The van der Waals surface area contributed by atoms with E-state index in [1.807, 2.05) is 42.5 Å². The van der Waals surface area contributed by atoms with Gasteiger partial charge in [0, 0.05) is 22.7 Å². The van der Waals surface area contributed by atoms with Crippen LogP contribution in [0.4, 0.5) is 11.6 Å². The minimum absolute atomic E-state index is 0.0771. The Morgan fingerprint density at radius 3 is 2.27 bits per heavy atom. The summed E-state index contributed by atoms with van der Waals surface area (Å²) < 4.78 is 1.76. The second-order valence-electron chi connectivity index (χ2n) is 7.71. The van der Waals surface area contributed by atoms with Crippen molar-refractivity contribution in [2.24, 2.45) is 0 Å². The van der Waals surface area contributed by atoms with Crippen LogP contribution in [0.1, 0.15) is 40.0 Å². The third kappa shape index (κ3) is 3.85. The summed E-state index contributed by atoms with van der Waals surface area (Å²) >= 11 is 6.11. The fourth-order valence-electron chi connectivity index (χ4n) is 4.21. The van der Waals surface area contributed by atoms with E-state index in [0.29, 0.717) is 23.0 Å². The Morgan fingerprint density at radius 1 is 0.939 bits per heavy atom. The van der Waals surface area contributed by atoms with E-state index in [0.717, 1.165) is 11.1 Å². The number of anilines is 1. The van der Waals surface area contributed by atoms with E-state index in [1.54, 1.807) is 21.7 Å². The van der Waals surface area contributed by atoms with Crippen LogP contribution < -0.4 is 4.90 Å². The van der Waals surface area contributed by atoms with Crippen molar-refractivity contribution in [1.82, 2.24) is 14.8 Å². The number of nitrogens with zero attached hydrogens (tertiary/aromatic N) is 5. The lowest BCUT2D eigenvalue weighted by Crippen LogP contribution is -2.42. The van der Waals surface area contributed by atoms with Gasteiger partial charge >= 0.3 is 0 Å². The molecule has 9 heteroatoms. The van der Waals surface area contributed by atoms with Gasteiger partial charge < -0.3 is 0 Å². The number of carbonyl (C=O) groups excluding carboxylic acids is 1. The number of halogens is 1. The number of nitro benzene ring substituents is 1. The lowest BCUT2D eigenvalue weighted by Gasteiger charge is -2.39. The molecular formula is C24H18ClN5O3. The molecule has 8 nitrogen and oxygen atoms in total. The van der Waals surface area contributed by atoms with Gasteiger partial charge in [0.2, 0.25) is 5.95 Å². The van der Waals surface area contributed by atoms with Crippen LogP contribution in [-0.2, 0) is 0 Å². The van der Waals surface area contributed by atoms with Crippen molar-refractivity contribution in [2.45, 2.75) is 18.5 Å². The highest BCUT2D eigenvalue weighted by Gasteiger charge is 2.39. The fraction of sp³-hybridized carbons (Fsp3) is 0.125. The number of carbonyl (C=O) groups is 1. The largest absolute Gasteiger partial charge is 0.269 e. The number of amides is 1. The molecule has 1 amide bonds. The predicted octanol–water partition coefficient (Wildman–Crippen LogP) is 5.22. The summed E-state index contributed by atoms with van der Waals surface area (Å²) in [5, 5.41) is 16.0. The number of benzene rings is 3. The Labute approximate surface area is 194 Å². The number of aromatic nitrogens is 3. The molecule has 33 heavy (non-hydrogen) atoms. The lowest BCUT2D eigenvalue weighted by atomic mass is 9.91. The summed E-state index contributed by atoms with van der Waals surface area (Å²) in [5.74, 6) is 0.101. The highest BCUT2D eigenvalue weighted by molar-refractivity contribution is 6.30. The van der Waals surface area contributed by atoms with Crippen molar-refractivity contribution >= 4 is 29.1 Å². The maximum atomic E-state index is 13.7. The molecule has 0 radical (unpaired) electrons. The molecule has 5 rings (SSSR count). The third-order valence-corrected chi connectivity index (χ3v) is 6.06. The fourth-order valence-corrected chi connectivity index (χ4v) is 4.34. The first-order valence-corrected chi connectivity index (χ1v) is 10.7. The Balaban J connectivity index is 1.62. The topological polar surface area (TPSA) is 94.2 Å². The Morgan fingerprint density at radius 2 is 1.61 bits per heavy atom. The van der Waals surface area contributed by atoms with E-state index in [1.165, 1.54) is 30.6 Å². The first kappa shape index (κ1) is 20.8. The molecule has 0 aliphatic carbocycles. The second kappa shape index (κ2) is 8.48. The molecule has 1 aromatic heterocycles. The van der Waals surface area contributed by atoms with E-state index in [-0.39, 0.29) is 23.7 Å². The minimum Gasteiger partial charge on any atom is -0.269 e. The van der Waals surface area contributed by atoms with Crippen molar-refractivity contribution in [3.63, 3.8) is 0 Å². The molecule has 0 unspecified atom stereocenters. The van der Waals surface area contributed by atoms with Crippen LogP contribution in [0.25, 0.3) is 0 Å². The zero-order chi connectivity index (χ0) is 22.9. The molecular weight excluding hydrogens is 442 g/mol. The van der Waals surface area contributed by atoms with Crippen LogP contribution in [0.2, 0.25) is 5.02 Å². The van der Waals surface area contributed by atoms with E-state index in [4.69, 9.17) is 11.6 Å². The molecule has 2 atom stereocenters. The quantitative estimate of drug-likeness (QED) is 0.308. The number of fused-ring (bicyclic) bond motifs is 1. The van der Waals surface area contributed by atoms with Crippen LogP contribution in [0.5, 0.6) is 0 Å². The summed E-state index contributed by atoms with van der Waals surface area (Å²) in [6.07, 6.45) is 2.01. The zero-order valence-electron chi connectivity index (χ0n) is 17.3. The first-order valence-electron chi connectivity index (χ1n) is 10.3. The normalized spacial score (nSPS) is 17.4. The van der Waals surface area contributed by atoms with Crippen molar-refractivity contribution < 1.29 is 9.72 Å². The van der Waals surface area contributed by atoms with Crippen LogP contribution in [0, 0.1) is 10.1 Å². The summed E-state index contributed by atoms with van der Waals surface area (Å²) in [7, 11) is 0. The molecule has 0 bridgehead atoms. The van der Waals surface area contributed by atoms with Crippen molar-refractivity contribution in [3.8, 4) is 0 Å². The van der Waals surface area contributed by atoms with Gasteiger partial charge in [-0.2, -0.15) is 10.1 Å². The molecule has 0 fully saturated rings. The number of nitro groups is 1. The average Bonchev–Trinajstić information content (AvgIpc) is 3.33. The Hall–Kier alpha value is -4.04. The number of hydrogen-bond acceptors (Lipinski definition) is 5. The average molecular weight is 460 g/mol. The van der Waals surface area contributed by atoms with Gasteiger partial charge in [-0.25, -0.2) is 4.68 Å². The molecule has 1 aliphatic rings. The SMILES string of the molecule is O=C(c1ccc([N+](=O)[O-])cc1)N1c2ncnn2[C@H](c2ccccc2)C[C@H]1c1ccc(Cl)cc1. The Bertz CT molecular complexity index is 1310. The molecule has 0 saturated carbocycles. The second-order valence-corrected chi connectivity index (χ2v) is 8.15. The molecule has 0 N–H and O–H groups in total. The van der Waals surface area contributed by atoms with Crippen LogP contribution in [-0.4, -0.2) is 25.6 Å². The molecule has 0 saturated heterocycles. The van der Waals surface area contributed by atoms with Gasteiger partial charge in [0.1, 0.15) is 6.33 Å². The van der Waals surface area contributed by atoms with E-state index in [2.05, 4.69) is 10.1 Å². The number of rotatable bonds is 4. The predicted molar refractivity (Wildman–Crippen MR) is 123 cm³/mol. The summed E-state index contributed by atoms with van der Waals surface area (Å²) in [5.41, 5.74) is 2.22. The molecule has 0 spiro atoms. The molecule has 3 aromatic carbocycles. The van der Waals surface area contributed by atoms with Crippen molar-refractivity contribution in [2.75, 3.05) is 4.90 Å². The van der Waals surface area contributed by atoms with Gasteiger partial charge in [-0.3, -0.25) is 19.8 Å². The van der Waals surface area contributed by atoms with Gasteiger partial charge in [0.05, 0.1) is 17.0 Å². The monoisotopic (exact) mass is 459 g/mol. The van der Waals surface area contributed by atoms with Gasteiger partial charge in [-0.15, -0.1) is 0 Å². The van der Waals surface area contributed by atoms with Crippen LogP contribution in [0.3, 0.4) is 0 Å². The summed E-state index contributed by atoms with van der Waals surface area (Å²) in [6.45, 7) is 0. The number of non-ortho nitro benzene ring substituents is 1. The van der Waals surface area contributed by atoms with E-state index >= 15 is 0 Å². The number of hydrogen-bond donors (Lipinski definition) is 0. The maximum absolute atomic E-state index is 13.7. The zero-order valence-corrected chi connectivity index (χ0v) is 18.0. The van der Waals surface area contributed by atoms with E-state index in [9.17, 15) is 14.9 Å². The highest BCUT2D eigenvalue weighted by Crippen LogP contribution is 2.42. The standard InChI is InChI=1S/C24H18ClN5O3/c25-19-10-6-17(7-11-19)21-14-22(16-4-2-1-3-5-16)29-24(26-15-27-29)28(21)23(31)18-8-12-20(13-9-18)30(32)33/h1-13,15,21-22H,14H2/t21-,22-/m0/s1. The highest BCUT2D eigenvalue weighted by atomic mass is 35.5. The van der Waals surface area contributed by atoms with Crippen LogP contribution in [0.15, 0.2) is 85.2 Å². The smallest absolute Gasteiger partial charge is 0.269 e. The molecule has 2 heterocycles. The van der Waals surface area contributed by atoms with Gasteiger partial charge in [-0.05, 0) is 41.8 Å². The lowest BCUT2D eigenvalue weighted by molar-refractivity contribution is -0.384. The minimum atomic E-state index is -0.493. The maximum Gasteiger partial charge on any atom is 0.269 e. The van der Waals surface area contributed by atoms with Gasteiger partial charge in [0.25, 0.3) is 11.6 Å². The molecule has 164 valence electrons. The van der Waals surface area contributed by atoms with Crippen molar-refractivity contribution in [3.05, 3.63) is 117 Å². The molecule has 1 aliphatic heterocycles. The van der Waals surface area contributed by atoms with Crippen molar-refractivity contribution in [1.29, 1.82) is 0 Å². The van der Waals surface area contributed by atoms with Gasteiger partial charge in [-0.1, -0.05) is 54.1 Å². The van der Waals surface area contributed by atoms with E-state index < -0.39 is 4.92 Å². The summed E-state index contributed by atoms with van der Waals surface area (Å²) in [6, 6.07) is 22.5. The van der Waals surface area contributed by atoms with Crippen LogP contribution >= 0.6 is 11.6 Å². The first-order chi connectivity index (χ1) is 16.0. The van der Waals surface area contributed by atoms with Gasteiger partial charge in [0.15, 0.2) is 0 Å².